The van der Waals surface area contributed by atoms with Crippen LogP contribution in [0.25, 0.3) is 0 Å². The molecule has 0 aromatic carbocycles. The molecule has 1 N–H and O–H groups in total. The maximum atomic E-state index is 11.4. The number of hydrogen-bond donors (Lipinski definition) is 1. The van der Waals surface area contributed by atoms with Crippen LogP contribution in [0.3, 0.4) is 0 Å². The number of aryl methyl sites for hydroxylation is 2. The second-order valence-electron chi connectivity index (χ2n) is 3.91. The Balaban J connectivity index is 2.64. The Kier molecular flexibility index (Phi) is 3.95. The quantitative estimate of drug-likeness (QED) is 0.828. The summed E-state index contributed by atoms with van der Waals surface area (Å²) in [5, 5.41) is 2.95. The first-order valence-corrected chi connectivity index (χ1v) is 5.41. The third-order valence-electron chi connectivity index (χ3n) is 2.40. The van der Waals surface area contributed by atoms with Crippen molar-refractivity contribution in [3.63, 3.8) is 0 Å². The third-order valence-corrected chi connectivity index (χ3v) is 2.40. The Morgan fingerprint density at radius 1 is 1.53 bits per heavy atom. The molecular formula is C12H19NO2. The zero-order valence-corrected chi connectivity index (χ0v) is 9.89. The van der Waals surface area contributed by atoms with E-state index < -0.39 is 0 Å². The van der Waals surface area contributed by atoms with E-state index in [1.807, 2.05) is 33.8 Å². The van der Waals surface area contributed by atoms with Crippen LogP contribution in [0.1, 0.15) is 49.8 Å². The molecule has 1 heterocycles. The number of nitrogens with one attached hydrogen (secondary N) is 1. The Bertz CT molecular complexity index is 341. The maximum Gasteiger partial charge on any atom is 0.220 e. The summed E-state index contributed by atoms with van der Waals surface area (Å²) >= 11 is 0. The molecule has 3 heteroatoms. The van der Waals surface area contributed by atoms with Gasteiger partial charge in [-0.3, -0.25) is 4.79 Å². The molecule has 0 aliphatic rings. The number of rotatable bonds is 4. The number of furan rings is 1. The van der Waals surface area contributed by atoms with Crippen molar-refractivity contribution in [3.05, 3.63) is 23.2 Å². The van der Waals surface area contributed by atoms with Crippen LogP contribution in [0.4, 0.5) is 0 Å². The fraction of sp³-hybridized carbons (Fsp3) is 0.583. The Hall–Kier alpha value is -1.25. The molecule has 1 aromatic heterocycles. The van der Waals surface area contributed by atoms with E-state index in [0.717, 1.165) is 23.5 Å². The van der Waals surface area contributed by atoms with Gasteiger partial charge < -0.3 is 9.73 Å². The monoisotopic (exact) mass is 209 g/mol. The Morgan fingerprint density at radius 2 is 2.20 bits per heavy atom. The van der Waals surface area contributed by atoms with E-state index in [9.17, 15) is 4.79 Å². The zero-order valence-electron chi connectivity index (χ0n) is 9.89. The summed E-state index contributed by atoms with van der Waals surface area (Å²) in [6.45, 7) is 7.81. The topological polar surface area (TPSA) is 42.2 Å². The molecule has 0 aliphatic heterocycles. The van der Waals surface area contributed by atoms with E-state index in [0.29, 0.717) is 6.42 Å². The lowest BCUT2D eigenvalue weighted by molar-refractivity contribution is -0.121. The molecule has 3 nitrogen and oxygen atoms in total. The second-order valence-corrected chi connectivity index (χ2v) is 3.91. The standard InChI is InChI=1S/C12H19NO2/c1-5-6-12(14)13-9(3)11-7-8(2)15-10(11)4/h7,9H,5-6H2,1-4H3,(H,13,14). The fourth-order valence-corrected chi connectivity index (χ4v) is 1.70. The van der Waals surface area contributed by atoms with Crippen molar-refractivity contribution in [2.45, 2.75) is 46.6 Å². The molecule has 1 aromatic rings. The summed E-state index contributed by atoms with van der Waals surface area (Å²) in [7, 11) is 0. The number of amides is 1. The maximum absolute atomic E-state index is 11.4. The van der Waals surface area contributed by atoms with E-state index in [1.165, 1.54) is 0 Å². The first kappa shape index (κ1) is 11.8. The van der Waals surface area contributed by atoms with E-state index in [-0.39, 0.29) is 11.9 Å². The summed E-state index contributed by atoms with van der Waals surface area (Å²) in [5.74, 6) is 1.87. The lowest BCUT2D eigenvalue weighted by Gasteiger charge is -2.12. The van der Waals surface area contributed by atoms with Crippen molar-refractivity contribution >= 4 is 5.91 Å². The van der Waals surface area contributed by atoms with Gasteiger partial charge >= 0.3 is 0 Å². The lowest BCUT2D eigenvalue weighted by atomic mass is 10.1. The van der Waals surface area contributed by atoms with E-state index in [2.05, 4.69) is 5.32 Å². The minimum atomic E-state index is 0.0292. The van der Waals surface area contributed by atoms with Crippen LogP contribution in [-0.4, -0.2) is 5.91 Å². The molecule has 0 fully saturated rings. The highest BCUT2D eigenvalue weighted by molar-refractivity contribution is 5.76. The third kappa shape index (κ3) is 3.11. The van der Waals surface area contributed by atoms with Crippen molar-refractivity contribution in [2.75, 3.05) is 0 Å². The Morgan fingerprint density at radius 3 is 2.67 bits per heavy atom. The van der Waals surface area contributed by atoms with Gasteiger partial charge in [0.25, 0.3) is 0 Å². The lowest BCUT2D eigenvalue weighted by Crippen LogP contribution is -2.26. The molecule has 84 valence electrons. The van der Waals surface area contributed by atoms with Gasteiger partial charge in [-0.15, -0.1) is 0 Å². The van der Waals surface area contributed by atoms with Crippen LogP contribution in [0.15, 0.2) is 10.5 Å². The molecule has 1 unspecified atom stereocenters. The molecule has 0 bridgehead atoms. The zero-order chi connectivity index (χ0) is 11.4. The van der Waals surface area contributed by atoms with Crippen molar-refractivity contribution in [1.82, 2.24) is 5.32 Å². The molecule has 0 saturated carbocycles. The van der Waals surface area contributed by atoms with Crippen LogP contribution in [-0.2, 0) is 4.79 Å². The highest BCUT2D eigenvalue weighted by Crippen LogP contribution is 2.21. The van der Waals surface area contributed by atoms with Gasteiger partial charge in [-0.2, -0.15) is 0 Å². The van der Waals surface area contributed by atoms with E-state index >= 15 is 0 Å². The number of carbonyl (C=O) groups is 1. The van der Waals surface area contributed by atoms with E-state index in [4.69, 9.17) is 4.42 Å². The minimum Gasteiger partial charge on any atom is -0.466 e. The summed E-state index contributed by atoms with van der Waals surface area (Å²) < 4.78 is 5.43. The van der Waals surface area contributed by atoms with E-state index in [1.54, 1.807) is 0 Å². The first-order valence-electron chi connectivity index (χ1n) is 5.41. The summed E-state index contributed by atoms with van der Waals surface area (Å²) in [6, 6.07) is 2.01. The van der Waals surface area contributed by atoms with Gasteiger partial charge in [-0.1, -0.05) is 6.92 Å². The predicted molar refractivity (Wildman–Crippen MR) is 59.6 cm³/mol. The van der Waals surface area contributed by atoms with Gasteiger partial charge in [0, 0.05) is 12.0 Å². The van der Waals surface area contributed by atoms with Crippen molar-refractivity contribution in [2.24, 2.45) is 0 Å². The van der Waals surface area contributed by atoms with Crippen LogP contribution in [0.5, 0.6) is 0 Å². The van der Waals surface area contributed by atoms with Crippen molar-refractivity contribution in [1.29, 1.82) is 0 Å². The Labute approximate surface area is 90.9 Å². The number of hydrogen-bond acceptors (Lipinski definition) is 2. The molecule has 1 amide bonds. The molecule has 1 atom stereocenters. The molecule has 0 radical (unpaired) electrons. The van der Waals surface area contributed by atoms with Gasteiger partial charge in [-0.05, 0) is 33.3 Å². The van der Waals surface area contributed by atoms with Crippen LogP contribution in [0.2, 0.25) is 0 Å². The molecule has 0 spiro atoms. The summed E-state index contributed by atoms with van der Waals surface area (Å²) in [4.78, 5) is 11.4. The highest BCUT2D eigenvalue weighted by Gasteiger charge is 2.14. The van der Waals surface area contributed by atoms with Crippen LogP contribution >= 0.6 is 0 Å². The minimum absolute atomic E-state index is 0.0292. The van der Waals surface area contributed by atoms with Gasteiger partial charge in [0.2, 0.25) is 5.91 Å². The van der Waals surface area contributed by atoms with Crippen LogP contribution in [0, 0.1) is 13.8 Å². The number of carbonyl (C=O) groups excluding carboxylic acids is 1. The van der Waals surface area contributed by atoms with Crippen molar-refractivity contribution in [3.8, 4) is 0 Å². The fourth-order valence-electron chi connectivity index (χ4n) is 1.70. The normalized spacial score (nSPS) is 12.5. The molecule has 15 heavy (non-hydrogen) atoms. The SMILES string of the molecule is CCCC(=O)NC(C)c1cc(C)oc1C. The summed E-state index contributed by atoms with van der Waals surface area (Å²) in [6.07, 6.45) is 1.46. The average molecular weight is 209 g/mol. The van der Waals surface area contributed by atoms with Gasteiger partial charge in [0.05, 0.1) is 6.04 Å². The second kappa shape index (κ2) is 5.01. The molecule has 1 rings (SSSR count). The average Bonchev–Trinajstić information content (AvgIpc) is 2.45. The molecule has 0 aliphatic carbocycles. The molecular weight excluding hydrogens is 190 g/mol. The van der Waals surface area contributed by atoms with Crippen molar-refractivity contribution < 1.29 is 9.21 Å². The largest absolute Gasteiger partial charge is 0.466 e. The van der Waals surface area contributed by atoms with Crippen LogP contribution < -0.4 is 5.32 Å². The van der Waals surface area contributed by atoms with Gasteiger partial charge in [-0.25, -0.2) is 0 Å². The smallest absolute Gasteiger partial charge is 0.220 e. The predicted octanol–water partition coefficient (Wildman–Crippen LogP) is 2.87. The molecule has 0 saturated heterocycles. The van der Waals surface area contributed by atoms with Gasteiger partial charge in [0.15, 0.2) is 0 Å². The highest BCUT2D eigenvalue weighted by atomic mass is 16.3. The van der Waals surface area contributed by atoms with Gasteiger partial charge in [0.1, 0.15) is 11.5 Å². The summed E-state index contributed by atoms with van der Waals surface area (Å²) in [5.41, 5.74) is 1.07. The first-order chi connectivity index (χ1) is 7.04.